The third-order valence-corrected chi connectivity index (χ3v) is 3.69. The number of hydroxylamine groups is 1. The van der Waals surface area contributed by atoms with Gasteiger partial charge in [0.1, 0.15) is 0 Å². The molecule has 4 nitrogen and oxygen atoms in total. The Labute approximate surface area is 147 Å². The van der Waals surface area contributed by atoms with Crippen molar-refractivity contribution in [1.82, 2.24) is 5.48 Å². The van der Waals surface area contributed by atoms with Gasteiger partial charge in [-0.3, -0.25) is 14.8 Å². The van der Waals surface area contributed by atoms with E-state index in [1.807, 2.05) is 60.7 Å². The molecule has 0 spiro atoms. The third kappa shape index (κ3) is 6.20. The Morgan fingerprint density at radius 1 is 0.920 bits per heavy atom. The zero-order valence-corrected chi connectivity index (χ0v) is 13.9. The first-order chi connectivity index (χ1) is 12.2. The number of nitrogens with one attached hydrogen (secondary N) is 1. The molecule has 2 aromatic carbocycles. The summed E-state index contributed by atoms with van der Waals surface area (Å²) in [6.45, 7) is 0. The number of rotatable bonds is 8. The Hall–Kier alpha value is -2.98. The van der Waals surface area contributed by atoms with Crippen molar-refractivity contribution in [1.29, 1.82) is 0 Å². The van der Waals surface area contributed by atoms with Gasteiger partial charge in [0.15, 0.2) is 5.78 Å². The van der Waals surface area contributed by atoms with Crippen molar-refractivity contribution in [2.24, 2.45) is 0 Å². The van der Waals surface area contributed by atoms with Crippen LogP contribution >= 0.6 is 0 Å². The summed E-state index contributed by atoms with van der Waals surface area (Å²) in [4.78, 5) is 22.9. The van der Waals surface area contributed by atoms with Gasteiger partial charge in [-0.05, 0) is 24.0 Å². The first-order valence-corrected chi connectivity index (χ1v) is 8.16. The van der Waals surface area contributed by atoms with Crippen molar-refractivity contribution in [3.63, 3.8) is 0 Å². The number of amides is 1. The Morgan fingerprint density at radius 3 is 2.28 bits per heavy atom. The van der Waals surface area contributed by atoms with Crippen LogP contribution in [-0.2, 0) is 4.79 Å². The van der Waals surface area contributed by atoms with Crippen molar-refractivity contribution in [2.75, 3.05) is 0 Å². The molecule has 0 unspecified atom stereocenters. The van der Waals surface area contributed by atoms with E-state index in [0.29, 0.717) is 6.42 Å². The monoisotopic (exact) mass is 335 g/mol. The lowest BCUT2D eigenvalue weighted by atomic mass is 10.0. The number of unbranched alkanes of at least 4 members (excludes halogenated alkanes) is 1. The van der Waals surface area contributed by atoms with Crippen molar-refractivity contribution in [3.05, 3.63) is 84.5 Å². The van der Waals surface area contributed by atoms with E-state index in [0.717, 1.165) is 29.5 Å². The van der Waals surface area contributed by atoms with Crippen LogP contribution in [0.4, 0.5) is 0 Å². The van der Waals surface area contributed by atoms with Crippen LogP contribution in [0.5, 0.6) is 0 Å². The van der Waals surface area contributed by atoms with Crippen LogP contribution in [0.25, 0.3) is 11.1 Å². The normalized spacial score (nSPS) is 11.1. The predicted octanol–water partition coefficient (Wildman–Crippen LogP) is 4.32. The Morgan fingerprint density at radius 2 is 1.60 bits per heavy atom. The van der Waals surface area contributed by atoms with E-state index < -0.39 is 5.91 Å². The summed E-state index contributed by atoms with van der Waals surface area (Å²) in [5, 5.41) is 8.31. The smallest absolute Gasteiger partial charge is 0.267 e. The molecule has 0 saturated heterocycles. The van der Waals surface area contributed by atoms with Crippen molar-refractivity contribution >= 4 is 11.7 Å². The number of hydrogen-bond acceptors (Lipinski definition) is 3. The molecule has 2 rings (SSSR count). The highest BCUT2D eigenvalue weighted by atomic mass is 16.5. The van der Waals surface area contributed by atoms with Gasteiger partial charge in [-0.2, -0.15) is 0 Å². The topological polar surface area (TPSA) is 66.4 Å². The fraction of sp³-hybridized carbons (Fsp3) is 0.143. The molecule has 2 N–H and O–H groups in total. The van der Waals surface area contributed by atoms with E-state index >= 15 is 0 Å². The van der Waals surface area contributed by atoms with Gasteiger partial charge in [-0.15, -0.1) is 0 Å². The van der Waals surface area contributed by atoms with Gasteiger partial charge in [0.2, 0.25) is 0 Å². The van der Waals surface area contributed by atoms with E-state index in [-0.39, 0.29) is 5.78 Å². The molecule has 128 valence electrons. The number of benzene rings is 2. The summed E-state index contributed by atoms with van der Waals surface area (Å²) in [7, 11) is 0. The van der Waals surface area contributed by atoms with Crippen molar-refractivity contribution in [2.45, 2.75) is 19.3 Å². The van der Waals surface area contributed by atoms with Crippen LogP contribution in [0, 0.1) is 0 Å². The summed E-state index contributed by atoms with van der Waals surface area (Å²) in [6, 6.07) is 17.7. The molecule has 0 aliphatic carbocycles. The molecule has 0 saturated carbocycles. The molecule has 0 bridgehead atoms. The number of hydrogen-bond donors (Lipinski definition) is 2. The molecule has 2 aromatic rings. The van der Waals surface area contributed by atoms with Gasteiger partial charge in [-0.1, -0.05) is 72.8 Å². The zero-order valence-electron chi connectivity index (χ0n) is 13.9. The minimum Gasteiger partial charge on any atom is -0.294 e. The van der Waals surface area contributed by atoms with Crippen LogP contribution in [0.1, 0.15) is 29.6 Å². The van der Waals surface area contributed by atoms with Crippen molar-refractivity contribution < 1.29 is 14.8 Å². The third-order valence-electron chi connectivity index (χ3n) is 3.69. The number of allylic oxidation sites excluding steroid dienone is 3. The van der Waals surface area contributed by atoms with Crippen LogP contribution in [-0.4, -0.2) is 16.9 Å². The second kappa shape index (κ2) is 10.0. The van der Waals surface area contributed by atoms with Crippen LogP contribution < -0.4 is 5.48 Å². The maximum Gasteiger partial charge on any atom is 0.267 e. The van der Waals surface area contributed by atoms with E-state index in [1.54, 1.807) is 6.08 Å². The molecule has 0 aromatic heterocycles. The number of ketones is 1. The highest BCUT2D eigenvalue weighted by molar-refractivity contribution is 5.96. The lowest BCUT2D eigenvalue weighted by Crippen LogP contribution is -2.14. The largest absolute Gasteiger partial charge is 0.294 e. The molecule has 0 aliphatic heterocycles. The van der Waals surface area contributed by atoms with Gasteiger partial charge < -0.3 is 0 Å². The molecule has 0 heterocycles. The lowest BCUT2D eigenvalue weighted by Gasteiger charge is -2.04. The number of carbonyl (C=O) groups is 2. The molecule has 25 heavy (non-hydrogen) atoms. The average Bonchev–Trinajstić information content (AvgIpc) is 2.67. The quantitative estimate of drug-likeness (QED) is 0.188. The first kappa shape index (κ1) is 18.4. The van der Waals surface area contributed by atoms with E-state index in [4.69, 9.17) is 5.21 Å². The van der Waals surface area contributed by atoms with E-state index in [9.17, 15) is 9.59 Å². The molecule has 0 fully saturated rings. The standard InChI is InChI=1S/C21H21NO3/c23-20(11-7-2-1-3-8-12-21(24)22-25)19-15-13-18(14-16-19)17-9-5-4-6-10-17/h1,3-6,8-10,12-16,25H,2,7,11H2,(H,22,24)/b3-1+,12-8+. The highest BCUT2D eigenvalue weighted by Gasteiger charge is 2.05. The summed E-state index contributed by atoms with van der Waals surface area (Å²) >= 11 is 0. The molecular weight excluding hydrogens is 314 g/mol. The summed E-state index contributed by atoms with van der Waals surface area (Å²) in [5.41, 5.74) is 4.47. The minimum atomic E-state index is -0.571. The first-order valence-electron chi connectivity index (χ1n) is 8.16. The van der Waals surface area contributed by atoms with E-state index in [1.165, 1.54) is 17.6 Å². The molecular formula is C21H21NO3. The minimum absolute atomic E-state index is 0.128. The molecule has 4 heteroatoms. The number of carbonyl (C=O) groups excluding carboxylic acids is 2. The number of Topliss-reactive ketones (excluding diaryl/α,β-unsaturated/α-hetero) is 1. The fourth-order valence-electron chi connectivity index (χ4n) is 2.36. The fourth-order valence-corrected chi connectivity index (χ4v) is 2.36. The lowest BCUT2D eigenvalue weighted by molar-refractivity contribution is -0.124. The maximum absolute atomic E-state index is 12.2. The second-order valence-electron chi connectivity index (χ2n) is 5.52. The van der Waals surface area contributed by atoms with Crippen LogP contribution in [0.3, 0.4) is 0 Å². The summed E-state index contributed by atoms with van der Waals surface area (Å²) in [6.07, 6.45) is 8.33. The molecule has 1 amide bonds. The average molecular weight is 335 g/mol. The molecule has 0 aliphatic rings. The Kier molecular flexibility index (Phi) is 7.35. The molecule has 0 atom stereocenters. The van der Waals surface area contributed by atoms with Crippen LogP contribution in [0.15, 0.2) is 78.9 Å². The molecule has 0 radical (unpaired) electrons. The maximum atomic E-state index is 12.2. The van der Waals surface area contributed by atoms with Gasteiger partial charge in [0.05, 0.1) is 0 Å². The Balaban J connectivity index is 1.78. The van der Waals surface area contributed by atoms with Gasteiger partial charge in [0, 0.05) is 18.1 Å². The SMILES string of the molecule is O=C(/C=C/C=C/CCCC(=O)c1ccc(-c2ccccc2)cc1)NO. The van der Waals surface area contributed by atoms with Crippen LogP contribution in [0.2, 0.25) is 0 Å². The zero-order chi connectivity index (χ0) is 17.9. The van der Waals surface area contributed by atoms with E-state index in [2.05, 4.69) is 0 Å². The predicted molar refractivity (Wildman–Crippen MR) is 98.3 cm³/mol. The summed E-state index contributed by atoms with van der Waals surface area (Å²) < 4.78 is 0. The van der Waals surface area contributed by atoms with Crippen molar-refractivity contribution in [3.8, 4) is 11.1 Å². The second-order valence-corrected chi connectivity index (χ2v) is 5.52. The van der Waals surface area contributed by atoms with Gasteiger partial charge >= 0.3 is 0 Å². The van der Waals surface area contributed by atoms with Gasteiger partial charge in [-0.25, -0.2) is 5.48 Å². The highest BCUT2D eigenvalue weighted by Crippen LogP contribution is 2.20. The van der Waals surface area contributed by atoms with Gasteiger partial charge in [0.25, 0.3) is 5.91 Å². The summed E-state index contributed by atoms with van der Waals surface area (Å²) in [5.74, 6) is -0.443. The Bertz CT molecular complexity index is 746.